The van der Waals surface area contributed by atoms with Crippen LogP contribution in [0, 0.1) is 5.82 Å². The van der Waals surface area contributed by atoms with E-state index in [1.165, 1.54) is 18.3 Å². The number of amides is 1. The highest BCUT2D eigenvalue weighted by Gasteiger charge is 2.22. The van der Waals surface area contributed by atoms with Crippen molar-refractivity contribution in [3.63, 3.8) is 0 Å². The number of nitrogens with one attached hydrogen (secondary N) is 2. The zero-order chi connectivity index (χ0) is 16.6. The van der Waals surface area contributed by atoms with Crippen LogP contribution in [-0.4, -0.2) is 25.9 Å². The van der Waals surface area contributed by atoms with Crippen LogP contribution >= 0.6 is 15.9 Å². The van der Waals surface area contributed by atoms with Crippen molar-refractivity contribution in [2.75, 3.05) is 11.3 Å². The van der Waals surface area contributed by atoms with Gasteiger partial charge >= 0.3 is 0 Å². The van der Waals surface area contributed by atoms with Gasteiger partial charge in [0.25, 0.3) is 15.9 Å². The molecule has 0 aliphatic carbocycles. The van der Waals surface area contributed by atoms with Crippen LogP contribution in [0.1, 0.15) is 16.1 Å². The molecular weight excluding hydrogens is 389 g/mol. The molecule has 0 radical (unpaired) electrons. The van der Waals surface area contributed by atoms with Crippen LogP contribution < -0.4 is 10.0 Å². The van der Waals surface area contributed by atoms with Crippen molar-refractivity contribution in [3.8, 4) is 0 Å². The monoisotopic (exact) mass is 399 g/mol. The minimum atomic E-state index is -4.02. The third kappa shape index (κ3) is 3.20. The summed E-state index contributed by atoms with van der Waals surface area (Å²) in [7, 11) is -4.02. The molecule has 1 aromatic heterocycles. The van der Waals surface area contributed by atoms with Crippen molar-refractivity contribution in [2.45, 2.75) is 11.3 Å². The highest BCUT2D eigenvalue weighted by atomic mass is 79.9. The number of fused-ring (bicyclic) bond motifs is 1. The number of rotatable bonds is 3. The minimum Gasteiger partial charge on any atom is -0.352 e. The average Bonchev–Trinajstić information content (AvgIpc) is 2.50. The molecule has 23 heavy (non-hydrogen) atoms. The van der Waals surface area contributed by atoms with Crippen LogP contribution in [0.3, 0.4) is 0 Å². The van der Waals surface area contributed by atoms with Gasteiger partial charge in [-0.1, -0.05) is 0 Å². The summed E-state index contributed by atoms with van der Waals surface area (Å²) in [4.78, 5) is 15.7. The summed E-state index contributed by atoms with van der Waals surface area (Å²) in [6.45, 7) is 0.500. The molecule has 1 amide bonds. The van der Waals surface area contributed by atoms with Crippen molar-refractivity contribution in [1.82, 2.24) is 10.3 Å². The maximum absolute atomic E-state index is 13.3. The molecule has 2 heterocycles. The Morgan fingerprint density at radius 3 is 2.87 bits per heavy atom. The summed E-state index contributed by atoms with van der Waals surface area (Å²) in [5.41, 5.74) is 1.08. The lowest BCUT2D eigenvalue weighted by Crippen LogP contribution is -2.32. The van der Waals surface area contributed by atoms with E-state index in [0.29, 0.717) is 24.2 Å². The standard InChI is InChI=1S/C14H11BrFN3O3S/c15-11-2-1-8(16)5-13(11)23(21,22)19-9-6-10-12(18-7-9)3-4-17-14(10)20/h1-2,5-7,19H,3-4H2,(H,17,20). The van der Waals surface area contributed by atoms with Crippen LogP contribution in [0.15, 0.2) is 39.8 Å². The fourth-order valence-electron chi connectivity index (χ4n) is 2.23. The molecule has 1 aliphatic rings. The highest BCUT2D eigenvalue weighted by Crippen LogP contribution is 2.25. The second kappa shape index (κ2) is 5.89. The number of halogens is 2. The topological polar surface area (TPSA) is 88.2 Å². The first kappa shape index (κ1) is 15.9. The minimum absolute atomic E-state index is 0.136. The predicted molar refractivity (Wildman–Crippen MR) is 85.2 cm³/mol. The number of sulfonamides is 1. The van der Waals surface area contributed by atoms with Gasteiger partial charge in [0.1, 0.15) is 10.7 Å². The Labute approximate surface area is 140 Å². The maximum Gasteiger partial charge on any atom is 0.263 e. The van der Waals surface area contributed by atoms with Gasteiger partial charge in [0.15, 0.2) is 0 Å². The predicted octanol–water partition coefficient (Wildman–Crippen LogP) is 2.07. The van der Waals surface area contributed by atoms with Gasteiger partial charge in [-0.15, -0.1) is 0 Å². The number of aromatic nitrogens is 1. The summed E-state index contributed by atoms with van der Waals surface area (Å²) >= 11 is 3.08. The van der Waals surface area contributed by atoms with Gasteiger partial charge < -0.3 is 5.32 Å². The molecule has 0 bridgehead atoms. The smallest absolute Gasteiger partial charge is 0.263 e. The number of carbonyl (C=O) groups is 1. The Bertz CT molecular complexity index is 902. The lowest BCUT2D eigenvalue weighted by Gasteiger charge is -2.17. The molecule has 3 rings (SSSR count). The second-order valence-electron chi connectivity index (χ2n) is 4.90. The molecule has 9 heteroatoms. The Morgan fingerprint density at radius 2 is 2.09 bits per heavy atom. The van der Waals surface area contributed by atoms with Crippen LogP contribution in [0.4, 0.5) is 10.1 Å². The van der Waals surface area contributed by atoms with E-state index in [1.54, 1.807) is 0 Å². The number of hydrogen-bond acceptors (Lipinski definition) is 4. The molecule has 1 aliphatic heterocycles. The molecule has 2 N–H and O–H groups in total. The van der Waals surface area contributed by atoms with Crippen LogP contribution in [0.25, 0.3) is 0 Å². The zero-order valence-corrected chi connectivity index (χ0v) is 14.0. The molecule has 0 spiro atoms. The van der Waals surface area contributed by atoms with E-state index in [4.69, 9.17) is 0 Å². The van der Waals surface area contributed by atoms with E-state index in [0.717, 1.165) is 12.1 Å². The first-order valence-electron chi connectivity index (χ1n) is 6.62. The van der Waals surface area contributed by atoms with Crippen molar-refractivity contribution in [3.05, 3.63) is 52.0 Å². The normalized spacial score (nSPS) is 14.1. The van der Waals surface area contributed by atoms with Gasteiger partial charge in [-0.25, -0.2) is 12.8 Å². The van der Waals surface area contributed by atoms with Crippen molar-refractivity contribution in [1.29, 1.82) is 0 Å². The third-order valence-electron chi connectivity index (χ3n) is 3.30. The van der Waals surface area contributed by atoms with Gasteiger partial charge in [-0.2, -0.15) is 0 Å². The first-order chi connectivity index (χ1) is 10.9. The Balaban J connectivity index is 1.96. The van der Waals surface area contributed by atoms with E-state index in [1.807, 2.05) is 0 Å². The number of carbonyl (C=O) groups excluding carboxylic acids is 1. The van der Waals surface area contributed by atoms with Crippen LogP contribution in [0.2, 0.25) is 0 Å². The van der Waals surface area contributed by atoms with E-state index in [-0.39, 0.29) is 21.0 Å². The third-order valence-corrected chi connectivity index (χ3v) is 5.67. The molecule has 0 fully saturated rings. The summed E-state index contributed by atoms with van der Waals surface area (Å²) in [5.74, 6) is -0.969. The fourth-order valence-corrected chi connectivity index (χ4v) is 4.24. The molecular formula is C14H11BrFN3O3S. The molecule has 1 aromatic carbocycles. The SMILES string of the molecule is O=C1NCCc2ncc(NS(=O)(=O)c3cc(F)ccc3Br)cc21. The van der Waals surface area contributed by atoms with Gasteiger partial charge in [-0.3, -0.25) is 14.5 Å². The van der Waals surface area contributed by atoms with E-state index < -0.39 is 15.8 Å². The zero-order valence-electron chi connectivity index (χ0n) is 11.6. The quantitative estimate of drug-likeness (QED) is 0.826. The van der Waals surface area contributed by atoms with E-state index in [2.05, 4.69) is 31.0 Å². The van der Waals surface area contributed by atoms with Crippen molar-refractivity contribution >= 4 is 37.5 Å². The highest BCUT2D eigenvalue weighted by molar-refractivity contribution is 9.10. The Morgan fingerprint density at radius 1 is 1.30 bits per heavy atom. The van der Waals surface area contributed by atoms with Crippen LogP contribution in [0.5, 0.6) is 0 Å². The summed E-state index contributed by atoms with van der Waals surface area (Å²) in [6, 6.07) is 4.78. The Kier molecular flexibility index (Phi) is 4.07. The van der Waals surface area contributed by atoms with Crippen LogP contribution in [-0.2, 0) is 16.4 Å². The fraction of sp³-hybridized carbons (Fsp3) is 0.143. The van der Waals surface area contributed by atoms with Gasteiger partial charge in [0.2, 0.25) is 0 Å². The summed E-state index contributed by atoms with van der Waals surface area (Å²) < 4.78 is 40.6. The molecule has 0 saturated heterocycles. The molecule has 0 unspecified atom stereocenters. The lowest BCUT2D eigenvalue weighted by atomic mass is 10.1. The van der Waals surface area contributed by atoms with Gasteiger partial charge in [-0.05, 0) is 40.2 Å². The molecule has 0 saturated carbocycles. The van der Waals surface area contributed by atoms with Crippen molar-refractivity contribution in [2.24, 2.45) is 0 Å². The molecule has 0 atom stereocenters. The average molecular weight is 400 g/mol. The first-order valence-corrected chi connectivity index (χ1v) is 8.89. The molecule has 6 nitrogen and oxygen atoms in total. The largest absolute Gasteiger partial charge is 0.352 e. The number of hydrogen-bond donors (Lipinski definition) is 2. The number of nitrogens with zero attached hydrogens (tertiary/aromatic N) is 1. The van der Waals surface area contributed by atoms with Gasteiger partial charge in [0, 0.05) is 17.4 Å². The number of anilines is 1. The van der Waals surface area contributed by atoms with E-state index >= 15 is 0 Å². The number of pyridine rings is 1. The maximum atomic E-state index is 13.3. The second-order valence-corrected chi connectivity index (χ2v) is 7.41. The van der Waals surface area contributed by atoms with E-state index in [9.17, 15) is 17.6 Å². The number of benzene rings is 1. The molecule has 120 valence electrons. The lowest BCUT2D eigenvalue weighted by molar-refractivity contribution is 0.0945. The summed E-state index contributed by atoms with van der Waals surface area (Å²) in [5, 5.41) is 2.66. The Hall–Kier alpha value is -2.00. The van der Waals surface area contributed by atoms with Crippen molar-refractivity contribution < 1.29 is 17.6 Å². The summed E-state index contributed by atoms with van der Waals surface area (Å²) in [6.07, 6.45) is 1.92. The molecule has 2 aromatic rings. The van der Waals surface area contributed by atoms with Gasteiger partial charge in [0.05, 0.1) is 23.1 Å².